The van der Waals surface area contributed by atoms with Crippen LogP contribution in [0, 0.1) is 3.56 Å². The van der Waals surface area contributed by atoms with Crippen LogP contribution in [0.3, 0.4) is 0 Å². The average molecular weight is 197 g/mol. The van der Waals surface area contributed by atoms with E-state index < -0.39 is 25.7 Å². The van der Waals surface area contributed by atoms with Crippen molar-refractivity contribution >= 4 is 25.7 Å². The standard InChI is InChI=1S/H5INOP/c2-1(3)4/h2H,4H4/i4D4. The summed E-state index contributed by atoms with van der Waals surface area (Å²) < 4.78 is 42.1. The molecule has 0 heterocycles. The molecule has 0 amide bonds. The van der Waals surface area contributed by atoms with Crippen LogP contribution >= 0.6 is 25.7 Å². The van der Waals surface area contributed by atoms with Crippen molar-refractivity contribution in [3.05, 3.63) is 0 Å². The first kappa shape index (κ1) is 1.12. The van der Waals surface area contributed by atoms with Gasteiger partial charge in [0.2, 0.25) is 0 Å². The molecule has 0 aliphatic heterocycles. The molecule has 4 heteroatoms. The van der Waals surface area contributed by atoms with Crippen molar-refractivity contribution in [3.8, 4) is 0 Å². The number of hydrogen-bond donors (Lipinski definition) is 1. The normalized spacial score (nSPS) is 36.8. The molecule has 0 radical (unpaired) electrons. The topological polar surface area (TPSA) is 40.9 Å². The van der Waals surface area contributed by atoms with Gasteiger partial charge in [-0.25, -0.2) is 0 Å². The second kappa shape index (κ2) is 2.03. The number of rotatable bonds is 1. The molecule has 0 aromatic rings. The van der Waals surface area contributed by atoms with E-state index >= 15 is 0 Å². The van der Waals surface area contributed by atoms with E-state index in [-0.39, 0.29) is 0 Å². The van der Waals surface area contributed by atoms with Gasteiger partial charge in [-0.1, -0.05) is 0 Å². The summed E-state index contributed by atoms with van der Waals surface area (Å²) in [6, 6.07) is 0. The molecule has 0 spiro atoms. The van der Waals surface area contributed by atoms with Crippen LogP contribution in [0.5, 0.6) is 0 Å². The fraction of sp³-hybridized carbons (Fsp3) is 0. The van der Waals surface area contributed by atoms with Gasteiger partial charge in [0, 0.05) is 0 Å². The SMILES string of the molecule is [2H]P([2H])([2H])([2H])I(=N)=O. The number of nitrogens with one attached hydrogen (secondary N) is 1. The predicted octanol–water partition coefficient (Wildman–Crippen LogP) is 0.855. The Labute approximate surface area is 38.1 Å². The summed E-state index contributed by atoms with van der Waals surface area (Å²) in [5.41, 5.74) is 0. The summed E-state index contributed by atoms with van der Waals surface area (Å²) in [4.78, 5) is 0. The molecule has 1 N–H and O–H groups in total. The fourth-order valence-corrected chi connectivity index (χ4v) is 0. The molecule has 0 fully saturated rings. The zero-order chi connectivity index (χ0) is 7.02. The van der Waals surface area contributed by atoms with Crippen LogP contribution in [0.25, 0.3) is 0 Å². The van der Waals surface area contributed by atoms with Gasteiger partial charge in [0.25, 0.3) is 0 Å². The van der Waals surface area contributed by atoms with Gasteiger partial charge in [0.15, 0.2) is 0 Å². The summed E-state index contributed by atoms with van der Waals surface area (Å²) in [7, 11) is 0. The first-order chi connectivity index (χ1) is 3.20. The molecule has 0 aromatic heterocycles. The summed E-state index contributed by atoms with van der Waals surface area (Å²) in [5, 5.41) is 0. The monoisotopic (exact) mass is 197 g/mol. The Morgan fingerprint density at radius 2 is 2.75 bits per heavy atom. The summed E-state index contributed by atoms with van der Waals surface area (Å²) >= 11 is -3.83. The van der Waals surface area contributed by atoms with E-state index in [0.29, 0.717) is 0 Å². The van der Waals surface area contributed by atoms with Crippen LogP contribution in [-0.2, 0) is 3.07 Å². The Morgan fingerprint density at radius 3 is 2.75 bits per heavy atom. The van der Waals surface area contributed by atoms with Gasteiger partial charge in [-0.05, 0) is 0 Å². The zero-order valence-electron chi connectivity index (χ0n) is 5.73. The molecule has 0 rings (SSSR count). The molecule has 2 nitrogen and oxygen atoms in total. The first-order valence-electron chi connectivity index (χ1n) is 2.30. The van der Waals surface area contributed by atoms with Crippen molar-refractivity contribution in [2.45, 2.75) is 0 Å². The van der Waals surface area contributed by atoms with Crippen LogP contribution in [0.2, 0.25) is 0 Å². The van der Waals surface area contributed by atoms with Crippen molar-refractivity contribution in [1.82, 2.24) is 0 Å². The predicted molar refractivity (Wildman–Crippen MR) is 29.9 cm³/mol. The van der Waals surface area contributed by atoms with Gasteiger partial charge in [-0.15, -0.1) is 0 Å². The average Bonchev–Trinajstić information content (AvgIpc) is 1.27. The Kier molecular flexibility index (Phi) is 0.566. The van der Waals surface area contributed by atoms with Gasteiger partial charge in [-0.3, -0.25) is 0 Å². The van der Waals surface area contributed by atoms with Crippen LogP contribution in [0.1, 0.15) is 0 Å². The molecule has 0 aliphatic carbocycles. The number of halogens is 1. The molecule has 0 aromatic carbocycles. The summed E-state index contributed by atoms with van der Waals surface area (Å²) in [6.07, 6.45) is 0. The van der Waals surface area contributed by atoms with E-state index in [0.717, 1.165) is 0 Å². The van der Waals surface area contributed by atoms with Gasteiger partial charge >= 0.3 is 37.5 Å². The summed E-state index contributed by atoms with van der Waals surface area (Å²) in [5.74, 6) is 0. The second-order valence-corrected chi connectivity index (χ2v) is 3.61. The van der Waals surface area contributed by atoms with Crippen molar-refractivity contribution < 1.29 is 3.07 Å². The van der Waals surface area contributed by atoms with Crippen LogP contribution < -0.4 is 0 Å². The number of hydrogen-bond acceptors (Lipinski definition) is 2. The van der Waals surface area contributed by atoms with E-state index in [1.807, 2.05) is 0 Å². The Bertz CT molecular complexity index is 147. The molecular weight excluding hydrogens is 188 g/mol. The molecule has 0 atom stereocenters. The van der Waals surface area contributed by atoms with Gasteiger partial charge in [-0.2, -0.15) is 0 Å². The Morgan fingerprint density at radius 1 is 2.50 bits per heavy atom. The molecular formula is H5INOP. The third kappa shape index (κ3) is 14.8. The Balaban J connectivity index is 4.66. The van der Waals surface area contributed by atoms with E-state index in [1.54, 1.807) is 0 Å². The van der Waals surface area contributed by atoms with Gasteiger partial charge < -0.3 is 0 Å². The van der Waals surface area contributed by atoms with E-state index in [2.05, 4.69) is 0 Å². The molecule has 0 aliphatic rings. The van der Waals surface area contributed by atoms with Crippen molar-refractivity contribution in [2.24, 2.45) is 0 Å². The third-order valence-corrected chi connectivity index (χ3v) is 0. The van der Waals surface area contributed by atoms with Crippen LogP contribution in [0.4, 0.5) is 0 Å². The summed E-state index contributed by atoms with van der Waals surface area (Å²) in [6.45, 7) is -4.92. The fourth-order valence-electron chi connectivity index (χ4n) is 0. The molecule has 0 unspecified atom stereocenters. The van der Waals surface area contributed by atoms with Crippen molar-refractivity contribution in [2.75, 3.05) is 0 Å². The molecule has 28 valence electrons. The maximum absolute atomic E-state index is 10.0. The minimum atomic E-state index is -4.92. The molecule has 0 saturated carbocycles. The third-order valence-electron chi connectivity index (χ3n) is 0. The van der Waals surface area contributed by atoms with Crippen LogP contribution in [0.15, 0.2) is 0 Å². The molecule has 4 heavy (non-hydrogen) atoms. The van der Waals surface area contributed by atoms with E-state index in [1.165, 1.54) is 0 Å². The van der Waals surface area contributed by atoms with Gasteiger partial charge in [0.05, 0.1) is 0 Å². The Hall–Kier alpha value is 0.760. The first-order valence-corrected chi connectivity index (χ1v) is 5.70. The molecule has 0 saturated heterocycles. The van der Waals surface area contributed by atoms with Crippen molar-refractivity contribution in [3.63, 3.8) is 0 Å². The quantitative estimate of drug-likeness (QED) is 0.491. The van der Waals surface area contributed by atoms with E-state index in [4.69, 9.17) is 8.68 Å². The minimum absolute atomic E-state index is 3.83. The van der Waals surface area contributed by atoms with Crippen LogP contribution in [-0.4, -0.2) is 5.11 Å². The zero-order valence-corrected chi connectivity index (χ0v) is 4.79. The second-order valence-electron chi connectivity index (χ2n) is 0.231. The van der Waals surface area contributed by atoms with Crippen molar-refractivity contribution in [1.29, 1.82) is 8.68 Å². The van der Waals surface area contributed by atoms with Gasteiger partial charge in [0.1, 0.15) is 0 Å². The van der Waals surface area contributed by atoms with E-state index in [9.17, 15) is 3.07 Å². The molecule has 0 bridgehead atoms. The maximum atomic E-state index is 10.0.